The first-order valence-corrected chi connectivity index (χ1v) is 10.0. The Morgan fingerprint density at radius 1 is 1.04 bits per heavy atom. The molecule has 4 aliphatic rings. The number of hydrogen-bond donors (Lipinski definition) is 0. The van der Waals surface area contributed by atoms with Crippen LogP contribution in [0.5, 0.6) is 0 Å². The van der Waals surface area contributed by atoms with Gasteiger partial charge < -0.3 is 0 Å². The number of nitrogens with zero attached hydrogens (tertiary/aromatic N) is 1. The summed E-state index contributed by atoms with van der Waals surface area (Å²) >= 11 is 0. The smallest absolute Gasteiger partial charge is 0.139 e. The average molecular weight is 316 g/mol. The molecule has 0 aromatic heterocycles. The molecule has 2 nitrogen and oxygen atoms in total. The van der Waals surface area contributed by atoms with Gasteiger partial charge in [0.25, 0.3) is 0 Å². The summed E-state index contributed by atoms with van der Waals surface area (Å²) in [5.74, 6) is 3.82. The molecule has 0 saturated heterocycles. The van der Waals surface area contributed by atoms with Crippen LogP contribution in [-0.2, 0) is 4.79 Å². The molecule has 0 heterocycles. The molecule has 6 atom stereocenters. The lowest BCUT2D eigenvalue weighted by molar-refractivity contribution is -0.136. The molecule has 0 radical (unpaired) electrons. The van der Waals surface area contributed by atoms with Crippen LogP contribution in [-0.4, -0.2) is 18.0 Å². The Morgan fingerprint density at radius 2 is 1.87 bits per heavy atom. The number of hydrogen-bond acceptors (Lipinski definition) is 2. The molecule has 0 aliphatic heterocycles. The molecule has 0 aromatic rings. The third-order valence-electron chi connectivity index (χ3n) is 8.59. The van der Waals surface area contributed by atoms with E-state index in [1.165, 1.54) is 50.7 Å². The zero-order valence-corrected chi connectivity index (χ0v) is 15.2. The third-order valence-corrected chi connectivity index (χ3v) is 8.59. The van der Waals surface area contributed by atoms with Crippen molar-refractivity contribution >= 4 is 11.5 Å². The Hall–Kier alpha value is -0.660. The van der Waals surface area contributed by atoms with Gasteiger partial charge in [0, 0.05) is 24.1 Å². The van der Waals surface area contributed by atoms with Crippen molar-refractivity contribution in [3.05, 3.63) is 0 Å². The van der Waals surface area contributed by atoms with E-state index in [4.69, 9.17) is 4.99 Å². The van der Waals surface area contributed by atoms with E-state index in [9.17, 15) is 4.79 Å². The Kier molecular flexibility index (Phi) is 3.74. The Labute approximate surface area is 141 Å². The van der Waals surface area contributed by atoms with Crippen LogP contribution in [0, 0.1) is 34.5 Å². The molecule has 4 fully saturated rings. The summed E-state index contributed by atoms with van der Waals surface area (Å²) in [6.07, 6.45) is 11.1. The zero-order valence-electron chi connectivity index (χ0n) is 15.2. The number of ketones is 1. The lowest BCUT2D eigenvalue weighted by Gasteiger charge is -2.59. The molecule has 0 N–H and O–H groups in total. The van der Waals surface area contributed by atoms with Crippen molar-refractivity contribution in [3.8, 4) is 0 Å². The van der Waals surface area contributed by atoms with E-state index < -0.39 is 0 Å². The number of carbonyl (C=O) groups is 1. The first-order valence-electron chi connectivity index (χ1n) is 10.0. The van der Waals surface area contributed by atoms with Crippen molar-refractivity contribution in [1.29, 1.82) is 0 Å². The molecular formula is C21H33NO. The second-order valence-corrected chi connectivity index (χ2v) is 9.32. The van der Waals surface area contributed by atoms with Gasteiger partial charge in [-0.05, 0) is 87.4 Å². The fraction of sp³-hybridized carbons (Fsp3) is 0.905. The highest BCUT2D eigenvalue weighted by Crippen LogP contribution is 2.65. The summed E-state index contributed by atoms with van der Waals surface area (Å²) in [5.41, 5.74) is 2.04. The first-order chi connectivity index (χ1) is 11.0. The van der Waals surface area contributed by atoms with Crippen molar-refractivity contribution in [3.63, 3.8) is 0 Å². The van der Waals surface area contributed by atoms with Crippen LogP contribution in [0.15, 0.2) is 4.99 Å². The Balaban J connectivity index is 1.60. The van der Waals surface area contributed by atoms with Crippen LogP contribution in [0.3, 0.4) is 0 Å². The first kappa shape index (κ1) is 15.8. The van der Waals surface area contributed by atoms with Crippen LogP contribution in [0.25, 0.3) is 0 Å². The van der Waals surface area contributed by atoms with E-state index in [1.807, 2.05) is 0 Å². The predicted molar refractivity (Wildman–Crippen MR) is 94.7 cm³/mol. The van der Waals surface area contributed by atoms with E-state index in [-0.39, 0.29) is 5.41 Å². The number of carbonyl (C=O) groups excluding carboxylic acids is 1. The highest BCUT2D eigenvalue weighted by atomic mass is 16.1. The summed E-state index contributed by atoms with van der Waals surface area (Å²) in [6, 6.07) is 0. The van der Waals surface area contributed by atoms with E-state index in [1.54, 1.807) is 0 Å². The fourth-order valence-corrected chi connectivity index (χ4v) is 7.20. The topological polar surface area (TPSA) is 29.4 Å². The van der Waals surface area contributed by atoms with Crippen LogP contribution in [0.1, 0.15) is 78.6 Å². The van der Waals surface area contributed by atoms with Gasteiger partial charge in [0.1, 0.15) is 5.78 Å². The van der Waals surface area contributed by atoms with E-state index in [0.29, 0.717) is 17.1 Å². The summed E-state index contributed by atoms with van der Waals surface area (Å²) < 4.78 is 0. The molecule has 4 rings (SSSR count). The molecule has 0 bridgehead atoms. The minimum Gasteiger partial charge on any atom is -0.299 e. The Bertz CT molecular complexity index is 538. The second kappa shape index (κ2) is 5.43. The lowest BCUT2D eigenvalue weighted by atomic mass is 9.45. The largest absolute Gasteiger partial charge is 0.299 e. The van der Waals surface area contributed by atoms with Crippen LogP contribution >= 0.6 is 0 Å². The highest BCUT2D eigenvalue weighted by molar-refractivity contribution is 5.87. The van der Waals surface area contributed by atoms with Crippen molar-refractivity contribution < 1.29 is 4.79 Å². The summed E-state index contributed by atoms with van der Waals surface area (Å²) in [4.78, 5) is 17.2. The van der Waals surface area contributed by atoms with Gasteiger partial charge in [-0.2, -0.15) is 0 Å². The van der Waals surface area contributed by atoms with Crippen molar-refractivity contribution in [2.75, 3.05) is 6.54 Å². The molecule has 4 unspecified atom stereocenters. The molecule has 0 amide bonds. The van der Waals surface area contributed by atoms with Gasteiger partial charge in [0.2, 0.25) is 0 Å². The standard InChI is InChI=1S/C21H33NO/c1-4-22-15-9-11-20(2)14(13-15)5-6-16-17-7-8-19(23)21(17,3)12-10-18(16)20/h14,16-18H,4-13H2,1-3H3/t14?,16?,17?,18?,20-,21-/m0/s1. The van der Waals surface area contributed by atoms with Gasteiger partial charge in [0.15, 0.2) is 0 Å². The minimum atomic E-state index is 0.0356. The van der Waals surface area contributed by atoms with E-state index >= 15 is 0 Å². The van der Waals surface area contributed by atoms with Crippen LogP contribution in [0.2, 0.25) is 0 Å². The van der Waals surface area contributed by atoms with E-state index in [2.05, 4.69) is 20.8 Å². The molecule has 0 spiro atoms. The molecular weight excluding hydrogens is 282 g/mol. The normalized spacial score (nSPS) is 51.3. The lowest BCUT2D eigenvalue weighted by Crippen LogP contribution is -2.53. The van der Waals surface area contributed by atoms with Gasteiger partial charge in [-0.3, -0.25) is 9.79 Å². The van der Waals surface area contributed by atoms with Crippen molar-refractivity contribution in [2.45, 2.75) is 78.6 Å². The summed E-state index contributed by atoms with van der Waals surface area (Å²) in [5, 5.41) is 0. The molecule has 2 heteroatoms. The van der Waals surface area contributed by atoms with E-state index in [0.717, 1.165) is 37.1 Å². The maximum Gasteiger partial charge on any atom is 0.139 e. The fourth-order valence-electron chi connectivity index (χ4n) is 7.20. The third kappa shape index (κ3) is 2.19. The van der Waals surface area contributed by atoms with Gasteiger partial charge in [0.05, 0.1) is 0 Å². The molecule has 0 aromatic carbocycles. The van der Waals surface area contributed by atoms with Crippen molar-refractivity contribution in [2.24, 2.45) is 39.5 Å². The average Bonchev–Trinajstić information content (AvgIpc) is 2.84. The van der Waals surface area contributed by atoms with Gasteiger partial charge >= 0.3 is 0 Å². The summed E-state index contributed by atoms with van der Waals surface area (Å²) in [7, 11) is 0. The monoisotopic (exact) mass is 315 g/mol. The predicted octanol–water partition coefficient (Wildman–Crippen LogP) is 5.06. The van der Waals surface area contributed by atoms with Gasteiger partial charge in [-0.25, -0.2) is 0 Å². The van der Waals surface area contributed by atoms with Crippen molar-refractivity contribution in [1.82, 2.24) is 0 Å². The maximum absolute atomic E-state index is 12.5. The Morgan fingerprint density at radius 3 is 2.65 bits per heavy atom. The van der Waals surface area contributed by atoms with Crippen LogP contribution < -0.4 is 0 Å². The maximum atomic E-state index is 12.5. The SMILES string of the molecule is CCN=C1CC[C@@]2(C)C(CCC3C2CC[C@]2(C)C(=O)CCC32)C1. The second-order valence-electron chi connectivity index (χ2n) is 9.32. The van der Waals surface area contributed by atoms with Gasteiger partial charge in [-0.15, -0.1) is 0 Å². The minimum absolute atomic E-state index is 0.0356. The number of aliphatic imine (C=N–C) groups is 1. The molecule has 4 aliphatic carbocycles. The van der Waals surface area contributed by atoms with Crippen LogP contribution in [0.4, 0.5) is 0 Å². The molecule has 128 valence electrons. The number of fused-ring (bicyclic) bond motifs is 5. The number of Topliss-reactive ketones (excluding diaryl/α,β-unsaturated/α-hetero) is 1. The summed E-state index contributed by atoms with van der Waals surface area (Å²) in [6.45, 7) is 8.01. The zero-order chi connectivity index (χ0) is 16.2. The number of rotatable bonds is 1. The highest BCUT2D eigenvalue weighted by Gasteiger charge is 2.59. The molecule has 23 heavy (non-hydrogen) atoms. The molecule has 4 saturated carbocycles. The van der Waals surface area contributed by atoms with Gasteiger partial charge in [-0.1, -0.05) is 13.8 Å². The quantitative estimate of drug-likeness (QED) is 0.665.